The van der Waals surface area contributed by atoms with E-state index in [1.165, 1.54) is 12.1 Å². The molecular weight excluding hydrogens is 231 g/mol. The van der Waals surface area contributed by atoms with Crippen molar-refractivity contribution in [2.75, 3.05) is 19.8 Å². The molecule has 18 heavy (non-hydrogen) atoms. The normalized spacial score (nSPS) is 16.4. The Balaban J connectivity index is 1.82. The molecule has 2 rings (SSSR count). The minimum absolute atomic E-state index is 0.350. The Hall–Kier alpha value is -1.44. The summed E-state index contributed by atoms with van der Waals surface area (Å²) < 4.78 is 18.5. The second kappa shape index (κ2) is 6.48. The molecular formula is C14H17FN2O. The van der Waals surface area contributed by atoms with Gasteiger partial charge in [0.1, 0.15) is 5.82 Å². The quantitative estimate of drug-likeness (QED) is 0.888. The van der Waals surface area contributed by atoms with Crippen molar-refractivity contribution in [3.8, 4) is 6.07 Å². The fraction of sp³-hybridized carbons (Fsp3) is 0.500. The number of halogens is 1. The Morgan fingerprint density at radius 2 is 2.11 bits per heavy atom. The lowest BCUT2D eigenvalue weighted by molar-refractivity contribution is 0.0662. The van der Waals surface area contributed by atoms with Crippen molar-refractivity contribution in [2.45, 2.75) is 19.4 Å². The largest absolute Gasteiger partial charge is 0.381 e. The molecule has 1 fully saturated rings. The first kappa shape index (κ1) is 13.0. The monoisotopic (exact) mass is 248 g/mol. The third kappa shape index (κ3) is 3.80. The van der Waals surface area contributed by atoms with E-state index in [2.05, 4.69) is 5.32 Å². The van der Waals surface area contributed by atoms with Gasteiger partial charge in [0, 0.05) is 19.8 Å². The van der Waals surface area contributed by atoms with Gasteiger partial charge in [0.2, 0.25) is 0 Å². The van der Waals surface area contributed by atoms with Crippen LogP contribution < -0.4 is 5.32 Å². The third-order valence-corrected chi connectivity index (χ3v) is 3.19. The number of rotatable bonds is 4. The van der Waals surface area contributed by atoms with Gasteiger partial charge in [-0.25, -0.2) is 4.39 Å². The highest BCUT2D eigenvalue weighted by atomic mass is 19.1. The Morgan fingerprint density at radius 1 is 1.33 bits per heavy atom. The van der Waals surface area contributed by atoms with E-state index >= 15 is 0 Å². The summed E-state index contributed by atoms with van der Waals surface area (Å²) in [6, 6.07) is 6.41. The molecule has 1 saturated heterocycles. The molecule has 1 aliphatic rings. The van der Waals surface area contributed by atoms with Gasteiger partial charge >= 0.3 is 0 Å². The molecule has 96 valence electrons. The van der Waals surface area contributed by atoms with Crippen molar-refractivity contribution in [2.24, 2.45) is 5.92 Å². The van der Waals surface area contributed by atoms with Crippen LogP contribution in [0, 0.1) is 23.1 Å². The van der Waals surface area contributed by atoms with E-state index in [1.807, 2.05) is 6.07 Å². The van der Waals surface area contributed by atoms with Crippen LogP contribution in [-0.4, -0.2) is 19.8 Å². The zero-order valence-corrected chi connectivity index (χ0v) is 10.3. The smallest absolute Gasteiger partial charge is 0.124 e. The van der Waals surface area contributed by atoms with E-state index in [4.69, 9.17) is 10.00 Å². The van der Waals surface area contributed by atoms with Crippen molar-refractivity contribution in [1.29, 1.82) is 5.26 Å². The molecule has 0 spiro atoms. The van der Waals surface area contributed by atoms with Crippen LogP contribution in [0.3, 0.4) is 0 Å². The summed E-state index contributed by atoms with van der Waals surface area (Å²) >= 11 is 0. The summed E-state index contributed by atoms with van der Waals surface area (Å²) in [6.07, 6.45) is 2.17. The number of nitrogens with zero attached hydrogens (tertiary/aromatic N) is 1. The number of hydrogen-bond acceptors (Lipinski definition) is 3. The number of ether oxygens (including phenoxy) is 1. The average molecular weight is 248 g/mol. The molecule has 1 heterocycles. The van der Waals surface area contributed by atoms with Crippen molar-refractivity contribution in [3.05, 3.63) is 35.1 Å². The number of nitrogens with one attached hydrogen (secondary N) is 1. The van der Waals surface area contributed by atoms with Gasteiger partial charge < -0.3 is 10.1 Å². The molecule has 0 atom stereocenters. The standard InChI is InChI=1S/C14H17FN2O/c15-14-6-12(8-16)5-13(7-14)10-17-9-11-1-3-18-4-2-11/h5-7,11,17H,1-4,9-10H2. The van der Waals surface area contributed by atoms with Crippen LogP contribution in [0.2, 0.25) is 0 Å². The van der Waals surface area contributed by atoms with E-state index < -0.39 is 0 Å². The first-order valence-electron chi connectivity index (χ1n) is 6.26. The van der Waals surface area contributed by atoms with Gasteiger partial charge in [0.15, 0.2) is 0 Å². The molecule has 0 aliphatic carbocycles. The second-order valence-corrected chi connectivity index (χ2v) is 4.65. The molecule has 1 aromatic carbocycles. The fourth-order valence-electron chi connectivity index (χ4n) is 2.19. The van der Waals surface area contributed by atoms with Crippen LogP contribution in [0.4, 0.5) is 4.39 Å². The van der Waals surface area contributed by atoms with Crippen molar-refractivity contribution in [3.63, 3.8) is 0 Å². The number of nitriles is 1. The topological polar surface area (TPSA) is 45.0 Å². The minimum Gasteiger partial charge on any atom is -0.381 e. The van der Waals surface area contributed by atoms with E-state index in [-0.39, 0.29) is 5.82 Å². The van der Waals surface area contributed by atoms with Crippen LogP contribution in [0.5, 0.6) is 0 Å². The first-order valence-corrected chi connectivity index (χ1v) is 6.26. The van der Waals surface area contributed by atoms with E-state index in [1.54, 1.807) is 6.07 Å². The van der Waals surface area contributed by atoms with Crippen molar-refractivity contribution in [1.82, 2.24) is 5.32 Å². The summed E-state index contributed by atoms with van der Waals surface area (Å²) in [4.78, 5) is 0. The van der Waals surface area contributed by atoms with Crippen LogP contribution in [0.25, 0.3) is 0 Å². The van der Waals surface area contributed by atoms with Gasteiger partial charge in [-0.05, 0) is 49.1 Å². The third-order valence-electron chi connectivity index (χ3n) is 3.19. The Bertz CT molecular complexity index is 436. The molecule has 0 saturated carbocycles. The highest BCUT2D eigenvalue weighted by Gasteiger charge is 2.12. The minimum atomic E-state index is -0.350. The SMILES string of the molecule is N#Cc1cc(F)cc(CNCC2CCOCC2)c1. The maximum atomic E-state index is 13.2. The van der Waals surface area contributed by atoms with Crippen LogP contribution >= 0.6 is 0 Å². The lowest BCUT2D eigenvalue weighted by Crippen LogP contribution is -2.27. The summed E-state index contributed by atoms with van der Waals surface area (Å²) in [5, 5.41) is 12.1. The lowest BCUT2D eigenvalue weighted by Gasteiger charge is -2.22. The highest BCUT2D eigenvalue weighted by Crippen LogP contribution is 2.14. The van der Waals surface area contributed by atoms with E-state index in [0.717, 1.165) is 38.2 Å². The van der Waals surface area contributed by atoms with Gasteiger partial charge in [-0.3, -0.25) is 0 Å². The molecule has 1 aliphatic heterocycles. The molecule has 0 bridgehead atoms. The average Bonchev–Trinajstić information content (AvgIpc) is 2.39. The number of benzene rings is 1. The Labute approximate surface area is 107 Å². The fourth-order valence-corrected chi connectivity index (χ4v) is 2.19. The molecule has 0 unspecified atom stereocenters. The van der Waals surface area contributed by atoms with E-state index in [9.17, 15) is 4.39 Å². The highest BCUT2D eigenvalue weighted by molar-refractivity contribution is 5.33. The molecule has 4 heteroatoms. The van der Waals surface area contributed by atoms with Crippen LogP contribution in [-0.2, 0) is 11.3 Å². The molecule has 0 amide bonds. The number of hydrogen-bond donors (Lipinski definition) is 1. The van der Waals surface area contributed by atoms with Gasteiger partial charge in [0.05, 0.1) is 11.6 Å². The van der Waals surface area contributed by atoms with Gasteiger partial charge in [-0.2, -0.15) is 5.26 Å². The summed E-state index contributed by atoms with van der Waals surface area (Å²) in [5.41, 5.74) is 1.19. The summed E-state index contributed by atoms with van der Waals surface area (Å²) in [5.74, 6) is 0.291. The molecule has 1 aromatic rings. The maximum absolute atomic E-state index is 13.2. The molecule has 0 radical (unpaired) electrons. The maximum Gasteiger partial charge on any atom is 0.124 e. The van der Waals surface area contributed by atoms with Gasteiger partial charge in [-0.15, -0.1) is 0 Å². The van der Waals surface area contributed by atoms with Crippen LogP contribution in [0.15, 0.2) is 18.2 Å². The lowest BCUT2D eigenvalue weighted by atomic mass is 10.0. The van der Waals surface area contributed by atoms with Gasteiger partial charge in [-0.1, -0.05) is 0 Å². The molecule has 0 aromatic heterocycles. The van der Waals surface area contributed by atoms with Gasteiger partial charge in [0.25, 0.3) is 0 Å². The summed E-state index contributed by atoms with van der Waals surface area (Å²) in [6.45, 7) is 3.20. The zero-order valence-electron chi connectivity index (χ0n) is 10.3. The van der Waals surface area contributed by atoms with E-state index in [0.29, 0.717) is 18.0 Å². The second-order valence-electron chi connectivity index (χ2n) is 4.65. The molecule has 3 nitrogen and oxygen atoms in total. The van der Waals surface area contributed by atoms with Crippen molar-refractivity contribution >= 4 is 0 Å². The Kier molecular flexibility index (Phi) is 4.68. The Morgan fingerprint density at radius 3 is 2.83 bits per heavy atom. The predicted octanol–water partition coefficient (Wildman–Crippen LogP) is 2.21. The molecule has 1 N–H and O–H groups in total. The first-order chi connectivity index (χ1) is 8.78. The van der Waals surface area contributed by atoms with Crippen LogP contribution in [0.1, 0.15) is 24.0 Å². The predicted molar refractivity (Wildman–Crippen MR) is 66.4 cm³/mol. The van der Waals surface area contributed by atoms with Crippen molar-refractivity contribution < 1.29 is 9.13 Å². The summed E-state index contributed by atoms with van der Waals surface area (Å²) in [7, 11) is 0. The zero-order chi connectivity index (χ0) is 12.8.